The molecule has 0 spiro atoms. The van der Waals surface area contributed by atoms with Gasteiger partial charge in [0.2, 0.25) is 3.79 Å². The van der Waals surface area contributed by atoms with Crippen LogP contribution in [-0.4, -0.2) is 27.9 Å². The third kappa shape index (κ3) is 2.74. The van der Waals surface area contributed by atoms with Crippen LogP contribution in [-0.2, 0) is 16.7 Å². The summed E-state index contributed by atoms with van der Waals surface area (Å²) >= 11 is 17.3. The van der Waals surface area contributed by atoms with E-state index < -0.39 is 3.79 Å². The van der Waals surface area contributed by atoms with Crippen LogP contribution in [0.2, 0.25) is 0 Å². The van der Waals surface area contributed by atoms with Gasteiger partial charge in [0.25, 0.3) is 0 Å². The molecule has 2 unspecified atom stereocenters. The Bertz CT molecular complexity index is 685. The second-order valence-electron chi connectivity index (χ2n) is 7.61. The summed E-state index contributed by atoms with van der Waals surface area (Å²) in [5, 5.41) is 0. The SMILES string of the molecule is O=C(OCC(Cl)(Cl)Cl)N1CCCC23CCCCC12c1ccccc1C3. The van der Waals surface area contributed by atoms with Gasteiger partial charge in [-0.15, -0.1) is 0 Å². The molecule has 3 aliphatic rings. The highest BCUT2D eigenvalue weighted by atomic mass is 35.6. The van der Waals surface area contributed by atoms with Crippen molar-refractivity contribution < 1.29 is 9.53 Å². The summed E-state index contributed by atoms with van der Waals surface area (Å²) in [7, 11) is 0. The number of nitrogens with zero attached hydrogens (tertiary/aromatic N) is 1. The van der Waals surface area contributed by atoms with E-state index in [-0.39, 0.29) is 23.7 Å². The molecule has 1 amide bonds. The summed E-state index contributed by atoms with van der Waals surface area (Å²) in [4.78, 5) is 14.9. The van der Waals surface area contributed by atoms with Gasteiger partial charge in [-0.25, -0.2) is 4.79 Å². The lowest BCUT2D eigenvalue weighted by Crippen LogP contribution is -2.62. The van der Waals surface area contributed by atoms with Gasteiger partial charge in [-0.05, 0) is 43.2 Å². The number of carbonyl (C=O) groups excluding carboxylic acids is 1. The first-order chi connectivity index (χ1) is 11.9. The van der Waals surface area contributed by atoms with Crippen LogP contribution in [0.15, 0.2) is 24.3 Å². The summed E-state index contributed by atoms with van der Waals surface area (Å²) in [5.41, 5.74) is 2.56. The van der Waals surface area contributed by atoms with Crippen molar-refractivity contribution in [2.24, 2.45) is 5.41 Å². The Labute approximate surface area is 163 Å². The largest absolute Gasteiger partial charge is 0.445 e. The van der Waals surface area contributed by atoms with E-state index in [1.165, 1.54) is 17.5 Å². The molecule has 1 aromatic rings. The van der Waals surface area contributed by atoms with E-state index in [9.17, 15) is 4.79 Å². The van der Waals surface area contributed by atoms with Crippen LogP contribution in [0.25, 0.3) is 0 Å². The highest BCUT2D eigenvalue weighted by Crippen LogP contribution is 2.64. The number of piperidine rings is 1. The summed E-state index contributed by atoms with van der Waals surface area (Å²) in [6.07, 6.45) is 7.38. The molecule has 1 heterocycles. The van der Waals surface area contributed by atoms with Gasteiger partial charge in [0.15, 0.2) is 0 Å². The Morgan fingerprint density at radius 3 is 2.64 bits per heavy atom. The van der Waals surface area contributed by atoms with Crippen LogP contribution < -0.4 is 0 Å². The van der Waals surface area contributed by atoms with Gasteiger partial charge in [0, 0.05) is 12.0 Å². The molecule has 0 radical (unpaired) electrons. The van der Waals surface area contributed by atoms with Gasteiger partial charge in [-0.1, -0.05) is 71.9 Å². The number of amides is 1. The van der Waals surface area contributed by atoms with Crippen molar-refractivity contribution >= 4 is 40.9 Å². The van der Waals surface area contributed by atoms with Crippen LogP contribution in [0.3, 0.4) is 0 Å². The Morgan fingerprint density at radius 1 is 1.12 bits per heavy atom. The third-order valence-electron chi connectivity index (χ3n) is 6.39. The smallest absolute Gasteiger partial charge is 0.410 e. The zero-order valence-corrected chi connectivity index (χ0v) is 16.3. The quantitative estimate of drug-likeness (QED) is 0.572. The summed E-state index contributed by atoms with van der Waals surface area (Å²) in [6, 6.07) is 8.59. The van der Waals surface area contributed by atoms with Crippen molar-refractivity contribution in [2.45, 2.75) is 54.3 Å². The Morgan fingerprint density at radius 2 is 1.84 bits per heavy atom. The topological polar surface area (TPSA) is 29.5 Å². The van der Waals surface area contributed by atoms with Crippen molar-refractivity contribution in [3.63, 3.8) is 0 Å². The van der Waals surface area contributed by atoms with E-state index in [0.29, 0.717) is 6.54 Å². The van der Waals surface area contributed by atoms with Crippen LogP contribution >= 0.6 is 34.8 Å². The second kappa shape index (κ2) is 6.21. The van der Waals surface area contributed by atoms with Crippen LogP contribution in [0.5, 0.6) is 0 Å². The molecule has 1 aromatic carbocycles. The minimum Gasteiger partial charge on any atom is -0.445 e. The predicted molar refractivity (Wildman–Crippen MR) is 100 cm³/mol. The van der Waals surface area contributed by atoms with Gasteiger partial charge >= 0.3 is 6.09 Å². The molecule has 6 heteroatoms. The van der Waals surface area contributed by atoms with E-state index in [4.69, 9.17) is 39.5 Å². The third-order valence-corrected chi connectivity index (χ3v) is 6.72. The van der Waals surface area contributed by atoms with E-state index in [0.717, 1.165) is 38.5 Å². The van der Waals surface area contributed by atoms with E-state index >= 15 is 0 Å². The Hall–Kier alpha value is -0.640. The number of likely N-dealkylation sites (tertiary alicyclic amines) is 1. The molecule has 25 heavy (non-hydrogen) atoms. The molecule has 0 N–H and O–H groups in total. The number of hydrogen-bond donors (Lipinski definition) is 0. The number of halogens is 3. The molecule has 0 aromatic heterocycles. The molecule has 2 atom stereocenters. The molecule has 3 nitrogen and oxygen atoms in total. The van der Waals surface area contributed by atoms with Crippen molar-refractivity contribution in [2.75, 3.05) is 13.2 Å². The fourth-order valence-corrected chi connectivity index (χ4v) is 5.80. The van der Waals surface area contributed by atoms with Crippen molar-refractivity contribution in [3.05, 3.63) is 35.4 Å². The Kier molecular flexibility index (Phi) is 4.41. The maximum absolute atomic E-state index is 13.0. The van der Waals surface area contributed by atoms with Crippen molar-refractivity contribution in [3.8, 4) is 0 Å². The number of fused-ring (bicyclic) bond motifs is 1. The van der Waals surface area contributed by atoms with Crippen LogP contribution in [0.1, 0.15) is 49.7 Å². The molecule has 136 valence electrons. The van der Waals surface area contributed by atoms with E-state index in [1.54, 1.807) is 0 Å². The molecule has 1 aliphatic heterocycles. The molecular weight excluding hydrogens is 381 g/mol. The minimum absolute atomic E-state index is 0.131. The second-order valence-corrected chi connectivity index (χ2v) is 10.1. The first-order valence-corrected chi connectivity index (χ1v) is 10.1. The number of carbonyl (C=O) groups is 1. The maximum Gasteiger partial charge on any atom is 0.410 e. The molecule has 1 saturated carbocycles. The highest BCUT2D eigenvalue weighted by molar-refractivity contribution is 6.67. The summed E-state index contributed by atoms with van der Waals surface area (Å²) < 4.78 is 3.82. The highest BCUT2D eigenvalue weighted by Gasteiger charge is 2.63. The number of hydrogen-bond acceptors (Lipinski definition) is 2. The first kappa shape index (κ1) is 17.8. The standard InChI is InChI=1S/C19H22Cl3NO2/c20-19(21,22)13-25-16(24)23-11-5-9-17-8-3-4-10-18(17,23)15-7-2-1-6-14(15)12-17/h1-2,6-7H,3-5,8-13H2. The molecule has 2 fully saturated rings. The molecule has 0 bridgehead atoms. The lowest BCUT2D eigenvalue weighted by atomic mass is 9.57. The number of alkyl halides is 3. The summed E-state index contributed by atoms with van der Waals surface area (Å²) in [6.45, 7) is 0.479. The number of benzene rings is 1. The van der Waals surface area contributed by atoms with Gasteiger partial charge < -0.3 is 4.74 Å². The van der Waals surface area contributed by atoms with Gasteiger partial charge in [-0.3, -0.25) is 4.90 Å². The summed E-state index contributed by atoms with van der Waals surface area (Å²) in [5.74, 6) is 0. The van der Waals surface area contributed by atoms with E-state index in [2.05, 4.69) is 24.3 Å². The lowest BCUT2D eigenvalue weighted by Gasteiger charge is -2.58. The van der Waals surface area contributed by atoms with Gasteiger partial charge in [0.1, 0.15) is 6.61 Å². The zero-order valence-electron chi connectivity index (χ0n) is 14.1. The number of ether oxygens (including phenoxy) is 1. The normalized spacial score (nSPS) is 31.1. The van der Waals surface area contributed by atoms with Crippen LogP contribution in [0, 0.1) is 5.41 Å². The maximum atomic E-state index is 13.0. The molecule has 2 aliphatic carbocycles. The zero-order chi connectivity index (χ0) is 17.7. The van der Waals surface area contributed by atoms with Crippen LogP contribution in [0.4, 0.5) is 4.79 Å². The fourth-order valence-electron chi connectivity index (χ4n) is 5.64. The average Bonchev–Trinajstić information content (AvgIpc) is 2.89. The molecular formula is C19H22Cl3NO2. The van der Waals surface area contributed by atoms with Gasteiger partial charge in [-0.2, -0.15) is 0 Å². The first-order valence-electron chi connectivity index (χ1n) is 8.98. The number of rotatable bonds is 1. The van der Waals surface area contributed by atoms with Crippen molar-refractivity contribution in [1.29, 1.82) is 0 Å². The van der Waals surface area contributed by atoms with E-state index in [1.807, 2.05) is 4.90 Å². The molecule has 4 rings (SSSR count). The van der Waals surface area contributed by atoms with Gasteiger partial charge in [0.05, 0.1) is 5.54 Å². The predicted octanol–water partition coefficient (Wildman–Crippen LogP) is 5.60. The Balaban J connectivity index is 1.74. The minimum atomic E-state index is -1.58. The average molecular weight is 403 g/mol. The lowest BCUT2D eigenvalue weighted by molar-refractivity contribution is -0.0874. The molecule has 1 saturated heterocycles. The monoisotopic (exact) mass is 401 g/mol. The van der Waals surface area contributed by atoms with Crippen molar-refractivity contribution in [1.82, 2.24) is 4.90 Å². The fraction of sp³-hybridized carbons (Fsp3) is 0.632.